The monoisotopic (exact) mass is 253 g/mol. The van der Waals surface area contributed by atoms with Crippen LogP contribution in [-0.4, -0.2) is 21.2 Å². The Morgan fingerprint density at radius 1 is 1.25 bits per heavy atom. The Morgan fingerprint density at radius 3 is 2.56 bits per heavy atom. The predicted molar refractivity (Wildman–Crippen MR) is 63.0 cm³/mol. The van der Waals surface area contributed by atoms with Crippen molar-refractivity contribution >= 4 is 43.8 Å². The van der Waals surface area contributed by atoms with Crippen LogP contribution in [0.2, 0.25) is 0 Å². The number of fused-ring (bicyclic) bond motifs is 1. The van der Waals surface area contributed by atoms with Gasteiger partial charge in [0.05, 0.1) is 4.90 Å². The van der Waals surface area contributed by atoms with Gasteiger partial charge in [-0.2, -0.15) is 0 Å². The van der Waals surface area contributed by atoms with Gasteiger partial charge in [-0.25, -0.2) is 8.42 Å². The van der Waals surface area contributed by atoms with Crippen molar-refractivity contribution in [1.82, 2.24) is 4.98 Å². The lowest BCUT2D eigenvalue weighted by Gasteiger charge is -2.02. The third-order valence-electron chi connectivity index (χ3n) is 2.19. The lowest BCUT2D eigenvalue weighted by molar-refractivity contribution is 0.609. The van der Waals surface area contributed by atoms with Gasteiger partial charge >= 0.3 is 0 Å². The molecular formula is C9H5BClNO3S. The van der Waals surface area contributed by atoms with E-state index in [1.807, 2.05) is 0 Å². The third kappa shape index (κ3) is 1.86. The highest BCUT2D eigenvalue weighted by atomic mass is 35.7. The van der Waals surface area contributed by atoms with Gasteiger partial charge in [0.1, 0.15) is 7.85 Å². The maximum absolute atomic E-state index is 11.5. The third-order valence-corrected chi connectivity index (χ3v) is 3.54. The van der Waals surface area contributed by atoms with Crippen molar-refractivity contribution in [3.8, 4) is 0 Å². The molecule has 1 heterocycles. The zero-order chi connectivity index (χ0) is 11.9. The predicted octanol–water partition coefficient (Wildman–Crippen LogP) is 0.249. The second-order valence-corrected chi connectivity index (χ2v) is 5.78. The van der Waals surface area contributed by atoms with Crippen molar-refractivity contribution in [2.24, 2.45) is 0 Å². The molecule has 80 valence electrons. The molecule has 2 radical (unpaired) electrons. The first-order valence-corrected chi connectivity index (χ1v) is 6.56. The zero-order valence-corrected chi connectivity index (χ0v) is 9.47. The van der Waals surface area contributed by atoms with E-state index in [4.69, 9.17) is 18.5 Å². The van der Waals surface area contributed by atoms with E-state index in [1.165, 1.54) is 24.4 Å². The molecule has 7 heteroatoms. The maximum atomic E-state index is 11.5. The van der Waals surface area contributed by atoms with Crippen LogP contribution in [0.4, 0.5) is 0 Å². The van der Waals surface area contributed by atoms with Gasteiger partial charge in [0.15, 0.2) is 0 Å². The molecule has 1 N–H and O–H groups in total. The Kier molecular flexibility index (Phi) is 2.55. The van der Waals surface area contributed by atoms with Crippen LogP contribution in [0.5, 0.6) is 0 Å². The van der Waals surface area contributed by atoms with E-state index in [1.54, 1.807) is 0 Å². The van der Waals surface area contributed by atoms with Crippen LogP contribution in [0, 0.1) is 0 Å². The number of pyridine rings is 1. The number of aromatic nitrogens is 1. The first-order chi connectivity index (χ1) is 7.39. The molecular weight excluding hydrogens is 248 g/mol. The van der Waals surface area contributed by atoms with Gasteiger partial charge in [0, 0.05) is 16.1 Å². The fourth-order valence-electron chi connectivity index (χ4n) is 1.41. The molecule has 16 heavy (non-hydrogen) atoms. The molecule has 1 aromatic carbocycles. The van der Waals surface area contributed by atoms with Crippen molar-refractivity contribution in [2.45, 2.75) is 4.90 Å². The summed E-state index contributed by atoms with van der Waals surface area (Å²) >= 11 is 0. The van der Waals surface area contributed by atoms with Crippen molar-refractivity contribution in [3.63, 3.8) is 0 Å². The van der Waals surface area contributed by atoms with Gasteiger partial charge in [0.2, 0.25) is 0 Å². The average Bonchev–Trinajstić information content (AvgIpc) is 2.22. The van der Waals surface area contributed by atoms with Gasteiger partial charge in [-0.05, 0) is 23.7 Å². The summed E-state index contributed by atoms with van der Waals surface area (Å²) in [5.41, 5.74) is -0.0421. The molecule has 0 fully saturated rings. The number of H-pyrrole nitrogens is 1. The van der Waals surface area contributed by atoms with Gasteiger partial charge < -0.3 is 4.98 Å². The van der Waals surface area contributed by atoms with Crippen LogP contribution >= 0.6 is 10.7 Å². The minimum absolute atomic E-state index is 0.127. The van der Waals surface area contributed by atoms with E-state index in [0.717, 1.165) is 0 Å². The maximum Gasteiger partial charge on any atom is 0.261 e. The Hall–Kier alpha value is -1.27. The molecule has 0 spiro atoms. The first-order valence-electron chi connectivity index (χ1n) is 4.25. The molecule has 0 aliphatic rings. The number of hydrogen-bond acceptors (Lipinski definition) is 3. The Bertz CT molecular complexity index is 723. The number of benzene rings is 1. The van der Waals surface area contributed by atoms with Gasteiger partial charge in [0.25, 0.3) is 14.6 Å². The average molecular weight is 253 g/mol. The highest BCUT2D eigenvalue weighted by Crippen LogP contribution is 2.18. The quantitative estimate of drug-likeness (QED) is 0.585. The number of aromatic amines is 1. The summed E-state index contributed by atoms with van der Waals surface area (Å²) in [5.74, 6) is 0. The number of nitrogens with one attached hydrogen (secondary N) is 1. The van der Waals surface area contributed by atoms with E-state index in [0.29, 0.717) is 10.8 Å². The van der Waals surface area contributed by atoms with Crippen molar-refractivity contribution in [2.75, 3.05) is 0 Å². The van der Waals surface area contributed by atoms with E-state index in [-0.39, 0.29) is 10.3 Å². The SMILES string of the molecule is [B]c1c[nH]c(=O)c2cc(S(=O)(=O)Cl)ccc12. The Balaban J connectivity index is 2.92. The summed E-state index contributed by atoms with van der Waals surface area (Å²) in [7, 11) is 6.97. The highest BCUT2D eigenvalue weighted by Gasteiger charge is 2.11. The fourth-order valence-corrected chi connectivity index (χ4v) is 2.19. The normalized spacial score (nSPS) is 11.8. The second-order valence-electron chi connectivity index (χ2n) is 3.22. The molecule has 0 amide bonds. The van der Waals surface area contributed by atoms with E-state index >= 15 is 0 Å². The molecule has 2 rings (SSSR count). The molecule has 0 atom stereocenters. The van der Waals surface area contributed by atoms with Gasteiger partial charge in [-0.3, -0.25) is 4.79 Å². The standard InChI is InChI=1S/C9H5BClNO3S/c10-8-4-12-9(13)7-3-5(16(11,14)15)1-2-6(7)8/h1-4H,(H,12,13). The van der Waals surface area contributed by atoms with Gasteiger partial charge in [-0.1, -0.05) is 11.5 Å². The van der Waals surface area contributed by atoms with E-state index in [2.05, 4.69) is 4.98 Å². The lowest BCUT2D eigenvalue weighted by atomic mass is 9.93. The van der Waals surface area contributed by atoms with Crippen LogP contribution < -0.4 is 11.0 Å². The molecule has 2 aromatic rings. The zero-order valence-electron chi connectivity index (χ0n) is 7.90. The van der Waals surface area contributed by atoms with Crippen LogP contribution in [0.1, 0.15) is 0 Å². The smallest absolute Gasteiger partial charge is 0.261 e. The van der Waals surface area contributed by atoms with Gasteiger partial charge in [-0.15, -0.1) is 0 Å². The van der Waals surface area contributed by atoms with Crippen molar-refractivity contribution in [3.05, 3.63) is 34.7 Å². The summed E-state index contributed by atoms with van der Waals surface area (Å²) in [5, 5.41) is 0.689. The van der Waals surface area contributed by atoms with Crippen molar-refractivity contribution < 1.29 is 8.42 Å². The number of hydrogen-bond donors (Lipinski definition) is 1. The number of rotatable bonds is 1. The summed E-state index contributed by atoms with van der Waals surface area (Å²) in [6.07, 6.45) is 1.36. The summed E-state index contributed by atoms with van der Waals surface area (Å²) in [4.78, 5) is 13.7. The van der Waals surface area contributed by atoms with Crippen molar-refractivity contribution in [1.29, 1.82) is 0 Å². The van der Waals surface area contributed by atoms with Crippen LogP contribution in [0.15, 0.2) is 34.1 Å². The molecule has 0 aliphatic carbocycles. The molecule has 0 unspecified atom stereocenters. The molecule has 1 aromatic heterocycles. The molecule has 4 nitrogen and oxygen atoms in total. The second kappa shape index (κ2) is 3.64. The minimum Gasteiger partial charge on any atom is -0.329 e. The molecule has 0 saturated carbocycles. The highest BCUT2D eigenvalue weighted by molar-refractivity contribution is 8.13. The largest absolute Gasteiger partial charge is 0.329 e. The summed E-state index contributed by atoms with van der Waals surface area (Å²) in [6.45, 7) is 0. The van der Waals surface area contributed by atoms with E-state index in [9.17, 15) is 13.2 Å². The number of halogens is 1. The molecule has 0 bridgehead atoms. The Morgan fingerprint density at radius 2 is 1.94 bits per heavy atom. The molecule has 0 saturated heterocycles. The summed E-state index contributed by atoms with van der Waals surface area (Å²) in [6, 6.07) is 3.96. The summed E-state index contributed by atoms with van der Waals surface area (Å²) < 4.78 is 22.2. The topological polar surface area (TPSA) is 67.0 Å². The first kappa shape index (κ1) is 11.2. The van der Waals surface area contributed by atoms with E-state index < -0.39 is 14.6 Å². The molecule has 0 aliphatic heterocycles. The fraction of sp³-hybridized carbons (Fsp3) is 0. The minimum atomic E-state index is -3.85. The van der Waals surface area contributed by atoms with Crippen LogP contribution in [-0.2, 0) is 9.05 Å². The van der Waals surface area contributed by atoms with Crippen LogP contribution in [0.25, 0.3) is 10.8 Å². The van der Waals surface area contributed by atoms with Crippen LogP contribution in [0.3, 0.4) is 0 Å². The Labute approximate surface area is 97.1 Å². The lowest BCUT2D eigenvalue weighted by Crippen LogP contribution is -2.15.